The van der Waals surface area contributed by atoms with Crippen molar-refractivity contribution in [1.29, 1.82) is 0 Å². The quantitative estimate of drug-likeness (QED) is 0.304. The number of piperidine rings is 1. The first-order valence-electron chi connectivity index (χ1n) is 15.2. The Labute approximate surface area is 251 Å². The Morgan fingerprint density at radius 1 is 1.02 bits per heavy atom. The summed E-state index contributed by atoms with van der Waals surface area (Å²) < 4.78 is 1.59. The fourth-order valence-corrected chi connectivity index (χ4v) is 5.98. The molecule has 1 aromatic carbocycles. The first-order chi connectivity index (χ1) is 20.6. The third kappa shape index (κ3) is 7.47. The molecule has 2 aliphatic rings. The Hall–Kier alpha value is -4.09. The van der Waals surface area contributed by atoms with Gasteiger partial charge in [0.15, 0.2) is 0 Å². The van der Waals surface area contributed by atoms with Gasteiger partial charge in [0.25, 0.3) is 0 Å². The number of carbonyl (C=O) groups excluding carboxylic acids is 4. The summed E-state index contributed by atoms with van der Waals surface area (Å²) in [6.45, 7) is 4.21. The molecule has 1 aromatic heterocycles. The molecule has 4 rings (SSSR count). The molecule has 4 amide bonds. The summed E-state index contributed by atoms with van der Waals surface area (Å²) in [5, 5.41) is 18.5. The maximum Gasteiger partial charge on any atom is 0.303 e. The number of para-hydroxylation sites is 1. The van der Waals surface area contributed by atoms with Crippen molar-refractivity contribution < 1.29 is 33.9 Å². The average Bonchev–Trinajstić information content (AvgIpc) is 3.36. The van der Waals surface area contributed by atoms with Crippen molar-refractivity contribution in [2.75, 3.05) is 13.7 Å². The number of amides is 4. The van der Waals surface area contributed by atoms with E-state index >= 15 is 0 Å². The molecule has 5 atom stereocenters. The average molecular weight is 598 g/mol. The molecule has 0 aliphatic carbocycles. The van der Waals surface area contributed by atoms with Gasteiger partial charge in [0.1, 0.15) is 31.3 Å². The molecule has 0 bridgehead atoms. The number of carboxylic acids is 1. The zero-order valence-corrected chi connectivity index (χ0v) is 25.1. The second-order valence-electron chi connectivity index (χ2n) is 11.6. The van der Waals surface area contributed by atoms with Gasteiger partial charge in [-0.2, -0.15) is 4.73 Å². The normalized spacial score (nSPS) is 24.2. The number of aromatic nitrogens is 1. The van der Waals surface area contributed by atoms with E-state index in [1.165, 1.54) is 7.11 Å². The van der Waals surface area contributed by atoms with E-state index < -0.39 is 47.9 Å². The molecule has 2 aromatic rings. The predicted molar refractivity (Wildman–Crippen MR) is 159 cm³/mol. The Bertz CT molecular complexity index is 1340. The van der Waals surface area contributed by atoms with Gasteiger partial charge in [-0.25, -0.2) is 0 Å². The maximum atomic E-state index is 14.0. The number of nitrogens with zero attached hydrogens (tertiary/aromatic N) is 2. The van der Waals surface area contributed by atoms with Gasteiger partial charge in [-0.15, -0.1) is 0 Å². The second kappa shape index (κ2) is 14.4. The molecule has 2 saturated heterocycles. The molecule has 2 fully saturated rings. The Balaban J connectivity index is 1.70. The summed E-state index contributed by atoms with van der Waals surface area (Å²) in [5.74, 6) is -2.90. The fraction of sp³-hybridized carbons (Fsp3) is 0.581. The number of benzene rings is 1. The topological polar surface area (TPSA) is 159 Å². The number of hydrogen-bond donors (Lipinski definition) is 4. The van der Waals surface area contributed by atoms with Crippen molar-refractivity contribution in [3.8, 4) is 0 Å². The van der Waals surface area contributed by atoms with Gasteiger partial charge in [-0.3, -0.25) is 24.0 Å². The lowest BCUT2D eigenvalue weighted by Crippen LogP contribution is -2.64. The lowest BCUT2D eigenvalue weighted by Gasteiger charge is -2.39. The van der Waals surface area contributed by atoms with Crippen molar-refractivity contribution in [1.82, 2.24) is 25.6 Å². The van der Waals surface area contributed by atoms with Crippen LogP contribution >= 0.6 is 0 Å². The summed E-state index contributed by atoms with van der Waals surface area (Å²) in [7, 11) is 1.54. The lowest BCUT2D eigenvalue weighted by atomic mass is 9.93. The molecule has 2 aliphatic heterocycles. The predicted octanol–water partition coefficient (Wildman–Crippen LogP) is 1.78. The number of carbonyl (C=O) groups is 5. The van der Waals surface area contributed by atoms with Crippen LogP contribution in [0.15, 0.2) is 30.5 Å². The van der Waals surface area contributed by atoms with E-state index in [0.29, 0.717) is 32.2 Å². The third-order valence-corrected chi connectivity index (χ3v) is 8.65. The Kier molecular flexibility index (Phi) is 10.7. The maximum absolute atomic E-state index is 14.0. The molecular formula is C31H43N5O7. The van der Waals surface area contributed by atoms with Crippen LogP contribution in [0, 0.1) is 5.92 Å². The second-order valence-corrected chi connectivity index (χ2v) is 11.6. The van der Waals surface area contributed by atoms with Crippen molar-refractivity contribution in [3.63, 3.8) is 0 Å². The van der Waals surface area contributed by atoms with Crippen molar-refractivity contribution in [2.24, 2.45) is 5.92 Å². The molecule has 0 saturated carbocycles. The molecule has 234 valence electrons. The lowest BCUT2D eigenvalue weighted by molar-refractivity contribution is -0.147. The minimum Gasteiger partial charge on any atom is -0.481 e. The molecule has 1 unspecified atom stereocenters. The van der Waals surface area contributed by atoms with Crippen LogP contribution < -0.4 is 20.8 Å². The zero-order valence-electron chi connectivity index (χ0n) is 25.1. The highest BCUT2D eigenvalue weighted by Crippen LogP contribution is 2.24. The number of nitrogens with one attached hydrogen (secondary N) is 3. The smallest absolute Gasteiger partial charge is 0.303 e. The monoisotopic (exact) mass is 597 g/mol. The summed E-state index contributed by atoms with van der Waals surface area (Å²) in [5.41, 5.74) is 1.56. The van der Waals surface area contributed by atoms with Gasteiger partial charge in [-0.1, -0.05) is 44.9 Å². The minimum atomic E-state index is -1.06. The zero-order chi connectivity index (χ0) is 31.1. The van der Waals surface area contributed by atoms with Crippen LogP contribution in [-0.2, 0) is 30.4 Å². The molecule has 12 nitrogen and oxygen atoms in total. The van der Waals surface area contributed by atoms with Crippen LogP contribution in [0.25, 0.3) is 10.9 Å². The van der Waals surface area contributed by atoms with Crippen molar-refractivity contribution >= 4 is 40.5 Å². The number of carboxylic acid groups (broad SMARTS) is 1. The first kappa shape index (κ1) is 31.8. The van der Waals surface area contributed by atoms with E-state index in [0.717, 1.165) is 29.3 Å². The SMILES string of the molecule is CCC(C)[C@@H]1NC(=O)[C@H](Cc2cn(OC)c3ccccc23)NC(=O)[C@H](CCCCC(=O)O)NC(=O)[C@H]2CCCCN2C1=O. The van der Waals surface area contributed by atoms with Crippen molar-refractivity contribution in [3.05, 3.63) is 36.0 Å². The molecule has 0 radical (unpaired) electrons. The minimum absolute atomic E-state index is 0.0568. The molecular weight excluding hydrogens is 554 g/mol. The summed E-state index contributed by atoms with van der Waals surface area (Å²) >= 11 is 0. The van der Waals surface area contributed by atoms with E-state index in [1.54, 1.807) is 15.8 Å². The molecule has 12 heteroatoms. The summed E-state index contributed by atoms with van der Waals surface area (Å²) in [6, 6.07) is 3.87. The largest absolute Gasteiger partial charge is 0.481 e. The van der Waals surface area contributed by atoms with Crippen molar-refractivity contribution in [2.45, 2.75) is 95.8 Å². The highest BCUT2D eigenvalue weighted by molar-refractivity contribution is 5.98. The van der Waals surface area contributed by atoms with Crippen LogP contribution in [0.5, 0.6) is 0 Å². The number of unbranched alkanes of at least 4 members (excludes halogenated alkanes) is 1. The van der Waals surface area contributed by atoms with Gasteiger partial charge < -0.3 is 30.8 Å². The number of hydrogen-bond acceptors (Lipinski definition) is 6. The highest BCUT2D eigenvalue weighted by Gasteiger charge is 2.40. The third-order valence-electron chi connectivity index (χ3n) is 8.65. The summed E-state index contributed by atoms with van der Waals surface area (Å²) in [4.78, 5) is 73.3. The number of aliphatic carboxylic acids is 1. The summed E-state index contributed by atoms with van der Waals surface area (Å²) in [6.07, 6.45) is 5.31. The van der Waals surface area contributed by atoms with Crippen LogP contribution in [-0.4, -0.2) is 82.2 Å². The number of rotatable bonds is 10. The van der Waals surface area contributed by atoms with Gasteiger partial charge in [0.2, 0.25) is 23.6 Å². The molecule has 43 heavy (non-hydrogen) atoms. The van der Waals surface area contributed by atoms with Crippen LogP contribution in [0.3, 0.4) is 0 Å². The van der Waals surface area contributed by atoms with Crippen LogP contribution in [0.1, 0.15) is 70.8 Å². The Morgan fingerprint density at radius 3 is 2.47 bits per heavy atom. The fourth-order valence-electron chi connectivity index (χ4n) is 5.98. The van der Waals surface area contributed by atoms with Gasteiger partial charge in [0.05, 0.1) is 5.52 Å². The molecule has 3 heterocycles. The van der Waals surface area contributed by atoms with E-state index in [-0.39, 0.29) is 31.1 Å². The first-order valence-corrected chi connectivity index (χ1v) is 15.2. The highest BCUT2D eigenvalue weighted by atomic mass is 16.6. The van der Waals surface area contributed by atoms with E-state index in [1.807, 2.05) is 38.1 Å². The van der Waals surface area contributed by atoms with Gasteiger partial charge in [-0.05, 0) is 49.7 Å². The van der Waals surface area contributed by atoms with Crippen LogP contribution in [0.4, 0.5) is 0 Å². The van der Waals surface area contributed by atoms with Gasteiger partial charge >= 0.3 is 5.97 Å². The van der Waals surface area contributed by atoms with E-state index in [2.05, 4.69) is 16.0 Å². The Morgan fingerprint density at radius 2 is 1.74 bits per heavy atom. The molecule has 4 N–H and O–H groups in total. The van der Waals surface area contributed by atoms with Crippen LogP contribution in [0.2, 0.25) is 0 Å². The number of fused-ring (bicyclic) bond motifs is 2. The molecule has 0 spiro atoms. The van der Waals surface area contributed by atoms with E-state index in [9.17, 15) is 24.0 Å². The van der Waals surface area contributed by atoms with E-state index in [4.69, 9.17) is 9.94 Å². The van der Waals surface area contributed by atoms with Gasteiger partial charge in [0, 0.05) is 31.0 Å². The standard InChI is InChI=1S/C31H43N5O7/c1-4-19(2)27-31(42)35-16-10-9-14-25(35)30(41)32-22(12-6-8-15-26(37)38)28(39)33-23(29(40)34-27)17-20-18-36(43-3)24-13-7-5-11-21(20)24/h5,7,11,13,18-19,22-23,25,27H,4,6,8-10,12,14-17H2,1-3H3,(H,32,41)(H,33,39)(H,34,40)(H,37,38)/t19?,22-,23-,25+,27-/m0/s1.